The highest BCUT2D eigenvalue weighted by Gasteiger charge is 2.27. The minimum absolute atomic E-state index is 0.0803. The Labute approximate surface area is 134 Å². The van der Waals surface area contributed by atoms with Gasteiger partial charge in [-0.3, -0.25) is 4.98 Å². The first-order valence-electron chi connectivity index (χ1n) is 7.63. The number of benzene rings is 1. The molecule has 0 spiro atoms. The summed E-state index contributed by atoms with van der Waals surface area (Å²) >= 11 is 0. The summed E-state index contributed by atoms with van der Waals surface area (Å²) in [7, 11) is -3.44. The normalized spacial score (nSPS) is 15.3. The summed E-state index contributed by atoms with van der Waals surface area (Å²) in [6.07, 6.45) is 1.80. The Morgan fingerprint density at radius 2 is 1.96 bits per heavy atom. The van der Waals surface area contributed by atoms with Gasteiger partial charge >= 0.3 is 5.69 Å². The first-order valence-corrected chi connectivity index (χ1v) is 9.12. The molecule has 1 fully saturated rings. The van der Waals surface area contributed by atoms with Gasteiger partial charge in [0.2, 0.25) is 10.0 Å². The predicted molar refractivity (Wildman–Crippen MR) is 85.8 cm³/mol. The number of nitrogens with zero attached hydrogens (tertiary/aromatic N) is 2. The molecule has 0 unspecified atom stereocenters. The van der Waals surface area contributed by atoms with E-state index in [4.69, 9.17) is 0 Å². The fraction of sp³-hybridized carbons (Fsp3) is 0.467. The van der Waals surface area contributed by atoms with E-state index < -0.39 is 10.0 Å². The molecule has 0 radical (unpaired) electrons. The van der Waals surface area contributed by atoms with Crippen LogP contribution >= 0.6 is 0 Å². The quantitative estimate of drug-likeness (QED) is 0.828. The molecule has 0 saturated heterocycles. The number of aromatic nitrogens is 3. The van der Waals surface area contributed by atoms with E-state index >= 15 is 0 Å². The Morgan fingerprint density at radius 1 is 1.30 bits per heavy atom. The van der Waals surface area contributed by atoms with Crippen molar-refractivity contribution in [3.05, 3.63) is 46.1 Å². The largest absolute Gasteiger partial charge is 0.343 e. The van der Waals surface area contributed by atoms with E-state index in [-0.39, 0.29) is 22.5 Å². The number of H-pyrrole nitrogens is 1. The highest BCUT2D eigenvalue weighted by molar-refractivity contribution is 7.89. The summed E-state index contributed by atoms with van der Waals surface area (Å²) in [6, 6.07) is 6.61. The van der Waals surface area contributed by atoms with E-state index in [0.717, 1.165) is 18.4 Å². The third kappa shape index (κ3) is 3.70. The monoisotopic (exact) mass is 336 g/mol. The van der Waals surface area contributed by atoms with E-state index in [0.29, 0.717) is 12.4 Å². The minimum Gasteiger partial charge on any atom is -0.293 e. The molecule has 124 valence electrons. The molecule has 0 atom stereocenters. The number of sulfonamides is 1. The van der Waals surface area contributed by atoms with Crippen LogP contribution in [0.5, 0.6) is 0 Å². The van der Waals surface area contributed by atoms with Crippen molar-refractivity contribution < 1.29 is 8.42 Å². The molecule has 7 nitrogen and oxygen atoms in total. The van der Waals surface area contributed by atoms with Gasteiger partial charge in [-0.1, -0.05) is 26.0 Å². The van der Waals surface area contributed by atoms with Gasteiger partial charge in [0, 0.05) is 12.0 Å². The van der Waals surface area contributed by atoms with Crippen LogP contribution in [0.4, 0.5) is 0 Å². The standard InChI is InChI=1S/C15H20N4O3S/c1-10(2)14-16-15(20)19(17-14)9-11-3-7-13(8-4-11)23(21,22)18-12-5-6-12/h3-4,7-8,10,12,18H,5-6,9H2,1-2H3,(H,16,17,20). The van der Waals surface area contributed by atoms with E-state index in [1.54, 1.807) is 24.3 Å². The summed E-state index contributed by atoms with van der Waals surface area (Å²) in [5, 5.41) is 4.24. The second-order valence-corrected chi connectivity index (χ2v) is 7.88. The zero-order valence-electron chi connectivity index (χ0n) is 13.1. The molecule has 3 rings (SSSR count). The van der Waals surface area contributed by atoms with Crippen LogP contribution in [0, 0.1) is 0 Å². The minimum atomic E-state index is -3.44. The predicted octanol–water partition coefficient (Wildman–Crippen LogP) is 1.18. The van der Waals surface area contributed by atoms with E-state index in [9.17, 15) is 13.2 Å². The van der Waals surface area contributed by atoms with E-state index in [2.05, 4.69) is 14.8 Å². The van der Waals surface area contributed by atoms with Crippen LogP contribution in [0.25, 0.3) is 0 Å². The lowest BCUT2D eigenvalue weighted by Crippen LogP contribution is -2.25. The van der Waals surface area contributed by atoms with Crippen molar-refractivity contribution in [2.75, 3.05) is 0 Å². The van der Waals surface area contributed by atoms with Crippen LogP contribution in [0.15, 0.2) is 34.0 Å². The van der Waals surface area contributed by atoms with Gasteiger partial charge in [0.05, 0.1) is 11.4 Å². The Hall–Kier alpha value is -1.93. The topological polar surface area (TPSA) is 96.8 Å². The third-order valence-electron chi connectivity index (χ3n) is 3.71. The lowest BCUT2D eigenvalue weighted by atomic mass is 10.2. The van der Waals surface area contributed by atoms with Crippen molar-refractivity contribution in [3.63, 3.8) is 0 Å². The molecule has 2 N–H and O–H groups in total. The molecule has 1 aliphatic carbocycles. The third-order valence-corrected chi connectivity index (χ3v) is 5.25. The summed E-state index contributed by atoms with van der Waals surface area (Å²) in [5.74, 6) is 0.785. The van der Waals surface area contributed by atoms with E-state index in [1.165, 1.54) is 4.68 Å². The summed E-state index contributed by atoms with van der Waals surface area (Å²) in [4.78, 5) is 14.8. The van der Waals surface area contributed by atoms with E-state index in [1.807, 2.05) is 13.8 Å². The Morgan fingerprint density at radius 3 is 2.48 bits per heavy atom. The Balaban J connectivity index is 1.76. The number of nitrogens with one attached hydrogen (secondary N) is 2. The molecule has 1 aliphatic rings. The number of rotatable bonds is 6. The number of aromatic amines is 1. The van der Waals surface area contributed by atoms with Crippen molar-refractivity contribution in [1.29, 1.82) is 0 Å². The molecule has 0 bridgehead atoms. The SMILES string of the molecule is CC(C)c1nn(Cc2ccc(S(=O)(=O)NC3CC3)cc2)c(=O)[nH]1. The average Bonchev–Trinajstić information content (AvgIpc) is 3.21. The smallest absolute Gasteiger partial charge is 0.293 e. The molecule has 0 amide bonds. The van der Waals surface area contributed by atoms with Gasteiger partial charge in [-0.25, -0.2) is 22.6 Å². The summed E-state index contributed by atoms with van der Waals surface area (Å²) < 4.78 is 28.2. The van der Waals surface area contributed by atoms with Crippen molar-refractivity contribution >= 4 is 10.0 Å². The zero-order valence-corrected chi connectivity index (χ0v) is 13.9. The van der Waals surface area contributed by atoms with Gasteiger partial charge in [0.25, 0.3) is 0 Å². The lowest BCUT2D eigenvalue weighted by molar-refractivity contribution is 0.581. The van der Waals surface area contributed by atoms with Crippen molar-refractivity contribution in [2.24, 2.45) is 0 Å². The number of hydrogen-bond acceptors (Lipinski definition) is 4. The van der Waals surface area contributed by atoms with Crippen LogP contribution in [-0.4, -0.2) is 29.2 Å². The lowest BCUT2D eigenvalue weighted by Gasteiger charge is -2.06. The molecule has 1 aromatic carbocycles. The van der Waals surface area contributed by atoms with Gasteiger partial charge in [-0.05, 0) is 30.5 Å². The molecule has 1 heterocycles. The van der Waals surface area contributed by atoms with Crippen molar-refractivity contribution in [3.8, 4) is 0 Å². The molecular weight excluding hydrogens is 316 g/mol. The summed E-state index contributed by atoms with van der Waals surface area (Å²) in [5.41, 5.74) is 0.556. The van der Waals surface area contributed by atoms with Crippen LogP contribution < -0.4 is 10.4 Å². The first-order chi connectivity index (χ1) is 10.8. The first kappa shape index (κ1) is 15.9. The fourth-order valence-electron chi connectivity index (χ4n) is 2.18. The van der Waals surface area contributed by atoms with Gasteiger partial charge in [0.15, 0.2) is 0 Å². The van der Waals surface area contributed by atoms with Crippen LogP contribution in [0.1, 0.15) is 44.0 Å². The van der Waals surface area contributed by atoms with Gasteiger partial charge in [-0.15, -0.1) is 0 Å². The van der Waals surface area contributed by atoms with Crippen molar-refractivity contribution in [1.82, 2.24) is 19.5 Å². The highest BCUT2D eigenvalue weighted by atomic mass is 32.2. The maximum absolute atomic E-state index is 12.1. The zero-order chi connectivity index (χ0) is 16.6. The second kappa shape index (κ2) is 5.93. The number of hydrogen-bond donors (Lipinski definition) is 2. The molecule has 1 aromatic heterocycles. The highest BCUT2D eigenvalue weighted by Crippen LogP contribution is 2.22. The molecule has 8 heteroatoms. The second-order valence-electron chi connectivity index (χ2n) is 6.17. The van der Waals surface area contributed by atoms with Crippen LogP contribution in [-0.2, 0) is 16.6 Å². The average molecular weight is 336 g/mol. The molecule has 2 aromatic rings. The van der Waals surface area contributed by atoms with Gasteiger partial charge in [-0.2, -0.15) is 5.10 Å². The summed E-state index contributed by atoms with van der Waals surface area (Å²) in [6.45, 7) is 4.21. The Bertz CT molecular complexity index is 846. The maximum Gasteiger partial charge on any atom is 0.343 e. The molecule has 23 heavy (non-hydrogen) atoms. The fourth-order valence-corrected chi connectivity index (χ4v) is 3.48. The van der Waals surface area contributed by atoms with Crippen LogP contribution in [0.2, 0.25) is 0 Å². The molecule has 0 aliphatic heterocycles. The van der Waals surface area contributed by atoms with Crippen molar-refractivity contribution in [2.45, 2.75) is 50.1 Å². The van der Waals surface area contributed by atoms with Crippen LogP contribution in [0.3, 0.4) is 0 Å². The molecule has 1 saturated carbocycles. The van der Waals surface area contributed by atoms with Gasteiger partial charge < -0.3 is 0 Å². The van der Waals surface area contributed by atoms with Gasteiger partial charge in [0.1, 0.15) is 5.82 Å². The molecular formula is C15H20N4O3S. The Kier molecular flexibility index (Phi) is 4.11. The maximum atomic E-state index is 12.1.